The maximum absolute atomic E-state index is 11.7. The molecule has 2 aromatic rings. The summed E-state index contributed by atoms with van der Waals surface area (Å²) in [5, 5.41) is 0.501. The summed E-state index contributed by atoms with van der Waals surface area (Å²) < 4.78 is 4.57. The van der Waals surface area contributed by atoms with Gasteiger partial charge in [-0.3, -0.25) is 4.98 Å². The molecule has 1 aromatic heterocycles. The van der Waals surface area contributed by atoms with Gasteiger partial charge in [-0.25, -0.2) is 9.59 Å². The predicted molar refractivity (Wildman–Crippen MR) is 61.9 cm³/mol. The Labute approximate surface area is 91.9 Å². The molecule has 0 aliphatic heterocycles. The van der Waals surface area contributed by atoms with Crippen LogP contribution in [0.1, 0.15) is 25.0 Å². The van der Waals surface area contributed by atoms with Crippen LogP contribution in [0.4, 0.5) is 0 Å². The Morgan fingerprint density at radius 1 is 1.12 bits per heavy atom. The van der Waals surface area contributed by atoms with Crippen molar-refractivity contribution < 1.29 is 4.42 Å². The zero-order valence-electron chi connectivity index (χ0n) is 9.29. The van der Waals surface area contributed by atoms with Crippen molar-refractivity contribution in [2.75, 3.05) is 0 Å². The molecule has 1 heterocycles. The molecule has 4 heteroatoms. The summed E-state index contributed by atoms with van der Waals surface area (Å²) >= 11 is 0. The minimum absolute atomic E-state index is 0.501. The molecule has 1 N–H and O–H groups in total. The number of aromatic nitrogens is 1. The van der Waals surface area contributed by atoms with Crippen LogP contribution in [-0.2, 0) is 12.8 Å². The van der Waals surface area contributed by atoms with Crippen LogP contribution in [0.15, 0.2) is 26.1 Å². The highest BCUT2D eigenvalue weighted by atomic mass is 16.4. The second-order valence-electron chi connectivity index (χ2n) is 3.64. The van der Waals surface area contributed by atoms with Gasteiger partial charge in [0.2, 0.25) is 0 Å². The molecular weight excluding hydrogens is 206 g/mol. The number of aromatic amines is 1. The van der Waals surface area contributed by atoms with Gasteiger partial charge in [-0.1, -0.05) is 26.0 Å². The number of hydrogen-bond acceptors (Lipinski definition) is 3. The molecule has 0 saturated carbocycles. The van der Waals surface area contributed by atoms with Gasteiger partial charge in [0.25, 0.3) is 0 Å². The lowest BCUT2D eigenvalue weighted by Gasteiger charge is -2.06. The molecule has 2 rings (SSSR count). The van der Waals surface area contributed by atoms with Gasteiger partial charge in [0.05, 0.1) is 10.9 Å². The molecule has 0 aliphatic rings. The van der Waals surface area contributed by atoms with Crippen molar-refractivity contribution in [3.8, 4) is 0 Å². The number of nitrogens with one attached hydrogen (secondary N) is 1. The second kappa shape index (κ2) is 3.96. The average Bonchev–Trinajstić information content (AvgIpc) is 2.27. The minimum Gasteiger partial charge on any atom is -0.372 e. The van der Waals surface area contributed by atoms with E-state index >= 15 is 0 Å². The molecule has 0 aliphatic carbocycles. The molecule has 1 aromatic carbocycles. The van der Waals surface area contributed by atoms with Crippen molar-refractivity contribution in [2.24, 2.45) is 0 Å². The van der Waals surface area contributed by atoms with E-state index in [4.69, 9.17) is 0 Å². The third-order valence-corrected chi connectivity index (χ3v) is 2.76. The van der Waals surface area contributed by atoms with E-state index < -0.39 is 11.4 Å². The standard InChI is InChI=1S/C12H13NO3/c1-3-7-5-6-8(4-2)10-9(7)11(14)16-12(15)13-10/h5-6H,3-4H2,1-2H3,(H,13,15). The highest BCUT2D eigenvalue weighted by Gasteiger charge is 2.10. The van der Waals surface area contributed by atoms with Crippen molar-refractivity contribution in [3.63, 3.8) is 0 Å². The van der Waals surface area contributed by atoms with Crippen molar-refractivity contribution in [2.45, 2.75) is 26.7 Å². The maximum Gasteiger partial charge on any atom is 0.419 e. The fourth-order valence-electron chi connectivity index (χ4n) is 1.92. The average molecular weight is 219 g/mol. The maximum atomic E-state index is 11.7. The SMILES string of the molecule is CCc1ccc(CC)c2c(=O)oc(=O)[nH]c12. The Kier molecular flexibility index (Phi) is 2.64. The van der Waals surface area contributed by atoms with Crippen molar-refractivity contribution in [1.82, 2.24) is 4.98 Å². The Bertz CT molecular complexity index is 637. The molecule has 84 valence electrons. The van der Waals surface area contributed by atoms with E-state index in [1.54, 1.807) is 0 Å². The number of rotatable bonds is 2. The van der Waals surface area contributed by atoms with Crippen molar-refractivity contribution in [1.29, 1.82) is 0 Å². The molecule has 0 radical (unpaired) electrons. The molecular formula is C12H13NO3. The minimum atomic E-state index is -0.694. The van der Waals surface area contributed by atoms with Gasteiger partial charge >= 0.3 is 11.4 Å². The van der Waals surface area contributed by atoms with Gasteiger partial charge in [0, 0.05) is 0 Å². The van der Waals surface area contributed by atoms with Gasteiger partial charge in [-0.15, -0.1) is 0 Å². The normalized spacial score (nSPS) is 10.9. The first-order valence-electron chi connectivity index (χ1n) is 5.35. The zero-order chi connectivity index (χ0) is 11.7. The van der Waals surface area contributed by atoms with Crippen molar-refractivity contribution >= 4 is 10.9 Å². The summed E-state index contributed by atoms with van der Waals surface area (Å²) in [4.78, 5) is 25.4. The predicted octanol–water partition coefficient (Wildman–Crippen LogP) is 1.61. The summed E-state index contributed by atoms with van der Waals surface area (Å²) in [7, 11) is 0. The lowest BCUT2D eigenvalue weighted by atomic mass is 10.0. The van der Waals surface area contributed by atoms with E-state index in [-0.39, 0.29) is 0 Å². The van der Waals surface area contributed by atoms with Crippen LogP contribution < -0.4 is 11.4 Å². The summed E-state index contributed by atoms with van der Waals surface area (Å²) in [6.45, 7) is 3.94. The van der Waals surface area contributed by atoms with Gasteiger partial charge in [-0.2, -0.15) is 0 Å². The fraction of sp³-hybridized carbons (Fsp3) is 0.333. The van der Waals surface area contributed by atoms with E-state index in [1.165, 1.54) is 0 Å². The number of aryl methyl sites for hydroxylation is 2. The number of H-pyrrole nitrogens is 1. The number of hydrogen-bond donors (Lipinski definition) is 1. The van der Waals surface area contributed by atoms with E-state index in [2.05, 4.69) is 9.40 Å². The van der Waals surface area contributed by atoms with Crippen LogP contribution in [0, 0.1) is 0 Å². The van der Waals surface area contributed by atoms with E-state index in [9.17, 15) is 9.59 Å². The summed E-state index contributed by atoms with van der Waals surface area (Å²) in [6.07, 6.45) is 1.50. The quantitative estimate of drug-likeness (QED) is 0.834. The largest absolute Gasteiger partial charge is 0.419 e. The summed E-state index contributed by atoms with van der Waals surface area (Å²) in [5.41, 5.74) is 1.92. The van der Waals surface area contributed by atoms with Crippen LogP contribution >= 0.6 is 0 Å². The smallest absolute Gasteiger partial charge is 0.372 e. The van der Waals surface area contributed by atoms with Crippen LogP contribution in [0.3, 0.4) is 0 Å². The topological polar surface area (TPSA) is 63.1 Å². The van der Waals surface area contributed by atoms with E-state index in [1.807, 2.05) is 26.0 Å². The molecule has 0 fully saturated rings. The third kappa shape index (κ3) is 1.56. The summed E-state index contributed by atoms with van der Waals surface area (Å²) in [6, 6.07) is 3.85. The lowest BCUT2D eigenvalue weighted by Crippen LogP contribution is -2.16. The van der Waals surface area contributed by atoms with Crippen LogP contribution in [0.25, 0.3) is 10.9 Å². The molecule has 0 atom stereocenters. The fourth-order valence-corrected chi connectivity index (χ4v) is 1.92. The van der Waals surface area contributed by atoms with Gasteiger partial charge < -0.3 is 4.42 Å². The third-order valence-electron chi connectivity index (χ3n) is 2.76. The number of fused-ring (bicyclic) bond motifs is 1. The Hall–Kier alpha value is -1.84. The molecule has 0 amide bonds. The Morgan fingerprint density at radius 3 is 2.38 bits per heavy atom. The van der Waals surface area contributed by atoms with Crippen LogP contribution in [0.2, 0.25) is 0 Å². The lowest BCUT2D eigenvalue weighted by molar-refractivity contribution is 0.459. The van der Waals surface area contributed by atoms with Crippen LogP contribution in [-0.4, -0.2) is 4.98 Å². The van der Waals surface area contributed by atoms with Gasteiger partial charge in [-0.05, 0) is 24.0 Å². The van der Waals surface area contributed by atoms with Gasteiger partial charge in [0.1, 0.15) is 0 Å². The number of benzene rings is 1. The van der Waals surface area contributed by atoms with E-state index in [0.29, 0.717) is 10.9 Å². The highest BCUT2D eigenvalue weighted by molar-refractivity contribution is 5.83. The molecule has 0 unspecified atom stereocenters. The van der Waals surface area contributed by atoms with E-state index in [0.717, 1.165) is 24.0 Å². The summed E-state index contributed by atoms with van der Waals surface area (Å²) in [5.74, 6) is -0.694. The first kappa shape index (κ1) is 10.7. The van der Waals surface area contributed by atoms with Crippen LogP contribution in [0.5, 0.6) is 0 Å². The Balaban J connectivity index is 3.02. The van der Waals surface area contributed by atoms with Crippen molar-refractivity contribution in [3.05, 3.63) is 44.2 Å². The molecule has 4 nitrogen and oxygen atoms in total. The second-order valence-corrected chi connectivity index (χ2v) is 3.64. The first-order chi connectivity index (χ1) is 7.67. The zero-order valence-corrected chi connectivity index (χ0v) is 9.29. The Morgan fingerprint density at radius 2 is 1.75 bits per heavy atom. The molecule has 16 heavy (non-hydrogen) atoms. The molecule has 0 saturated heterocycles. The first-order valence-corrected chi connectivity index (χ1v) is 5.35. The molecule has 0 spiro atoms. The highest BCUT2D eigenvalue weighted by Crippen LogP contribution is 2.18. The molecule has 0 bridgehead atoms. The van der Waals surface area contributed by atoms with Gasteiger partial charge in [0.15, 0.2) is 0 Å². The monoisotopic (exact) mass is 219 g/mol.